The summed E-state index contributed by atoms with van der Waals surface area (Å²) in [6.45, 7) is 0.935. The predicted octanol–water partition coefficient (Wildman–Crippen LogP) is 1.92. The van der Waals surface area contributed by atoms with E-state index in [1.807, 2.05) is 12.3 Å². The Bertz CT molecular complexity index is 482. The molecule has 1 aliphatic carbocycles. The van der Waals surface area contributed by atoms with Gasteiger partial charge in [0.1, 0.15) is 0 Å². The Morgan fingerprint density at radius 1 is 1.33 bits per heavy atom. The molecule has 0 amide bonds. The quantitative estimate of drug-likeness (QED) is 0.824. The van der Waals surface area contributed by atoms with Gasteiger partial charge < -0.3 is 5.73 Å². The summed E-state index contributed by atoms with van der Waals surface area (Å²) in [6, 6.07) is 8.29. The van der Waals surface area contributed by atoms with Gasteiger partial charge in [0.2, 0.25) is 0 Å². The molecule has 0 radical (unpaired) electrons. The summed E-state index contributed by atoms with van der Waals surface area (Å²) in [5.74, 6) is 0. The molecule has 0 spiro atoms. The standard InChI is InChI=1S/C12H15N3/c13-12(5-6-12)7-8-15-11-4-2-1-3-10(11)9-14-15/h1-4,9H,5-8,13H2. The van der Waals surface area contributed by atoms with Gasteiger partial charge in [-0.2, -0.15) is 5.10 Å². The number of aromatic nitrogens is 2. The van der Waals surface area contributed by atoms with Gasteiger partial charge in [-0.1, -0.05) is 18.2 Å². The molecule has 1 aromatic heterocycles. The summed E-state index contributed by atoms with van der Waals surface area (Å²) < 4.78 is 2.06. The zero-order valence-corrected chi connectivity index (χ0v) is 8.69. The monoisotopic (exact) mass is 201 g/mol. The Balaban J connectivity index is 1.84. The number of nitrogens with zero attached hydrogens (tertiary/aromatic N) is 2. The first-order valence-electron chi connectivity index (χ1n) is 5.46. The van der Waals surface area contributed by atoms with Crippen molar-refractivity contribution in [1.29, 1.82) is 0 Å². The number of hydrogen-bond donors (Lipinski definition) is 1. The Morgan fingerprint density at radius 3 is 2.93 bits per heavy atom. The van der Waals surface area contributed by atoms with Crippen LogP contribution in [0, 0.1) is 0 Å². The first-order valence-corrected chi connectivity index (χ1v) is 5.46. The molecule has 2 aromatic rings. The maximum atomic E-state index is 6.07. The van der Waals surface area contributed by atoms with Crippen molar-refractivity contribution in [3.05, 3.63) is 30.5 Å². The van der Waals surface area contributed by atoms with E-state index in [1.165, 1.54) is 23.7 Å². The number of rotatable bonds is 3. The average molecular weight is 201 g/mol. The SMILES string of the molecule is NC1(CCn2ncc3ccccc32)CC1. The second kappa shape index (κ2) is 3.07. The maximum Gasteiger partial charge on any atom is 0.0682 e. The molecule has 78 valence electrons. The molecule has 3 heteroatoms. The minimum atomic E-state index is 0.118. The van der Waals surface area contributed by atoms with Crippen LogP contribution < -0.4 is 5.73 Å². The van der Waals surface area contributed by atoms with Crippen molar-refractivity contribution in [2.45, 2.75) is 31.3 Å². The predicted molar refractivity (Wildman–Crippen MR) is 60.5 cm³/mol. The van der Waals surface area contributed by atoms with E-state index in [-0.39, 0.29) is 5.54 Å². The molecule has 0 atom stereocenters. The lowest BCUT2D eigenvalue weighted by Crippen LogP contribution is -2.23. The second-order valence-electron chi connectivity index (χ2n) is 4.54. The maximum absolute atomic E-state index is 6.07. The Kier molecular flexibility index (Phi) is 1.83. The minimum Gasteiger partial charge on any atom is -0.325 e. The van der Waals surface area contributed by atoms with Crippen LogP contribution in [0.15, 0.2) is 30.5 Å². The molecule has 1 heterocycles. The van der Waals surface area contributed by atoms with Gasteiger partial charge in [0.25, 0.3) is 0 Å². The lowest BCUT2D eigenvalue weighted by Gasteiger charge is -2.08. The van der Waals surface area contributed by atoms with Crippen LogP contribution in [0.2, 0.25) is 0 Å². The lowest BCUT2D eigenvalue weighted by atomic mass is 10.2. The van der Waals surface area contributed by atoms with Crippen LogP contribution >= 0.6 is 0 Å². The van der Waals surface area contributed by atoms with Crippen LogP contribution in [-0.4, -0.2) is 15.3 Å². The molecule has 0 bridgehead atoms. The van der Waals surface area contributed by atoms with E-state index in [4.69, 9.17) is 5.73 Å². The van der Waals surface area contributed by atoms with E-state index in [9.17, 15) is 0 Å². The van der Waals surface area contributed by atoms with E-state index in [1.54, 1.807) is 0 Å². The Morgan fingerprint density at radius 2 is 2.13 bits per heavy atom. The lowest BCUT2D eigenvalue weighted by molar-refractivity contribution is 0.511. The van der Waals surface area contributed by atoms with Gasteiger partial charge >= 0.3 is 0 Å². The first-order chi connectivity index (χ1) is 7.27. The van der Waals surface area contributed by atoms with Gasteiger partial charge in [-0.3, -0.25) is 4.68 Å². The van der Waals surface area contributed by atoms with Gasteiger partial charge in [0, 0.05) is 17.5 Å². The third kappa shape index (κ3) is 1.63. The molecular weight excluding hydrogens is 186 g/mol. The van der Waals surface area contributed by atoms with Crippen LogP contribution in [0.5, 0.6) is 0 Å². The molecule has 3 rings (SSSR count). The fraction of sp³-hybridized carbons (Fsp3) is 0.417. The van der Waals surface area contributed by atoms with E-state index >= 15 is 0 Å². The van der Waals surface area contributed by atoms with E-state index in [0.29, 0.717) is 0 Å². The zero-order valence-electron chi connectivity index (χ0n) is 8.69. The molecule has 0 saturated heterocycles. The van der Waals surface area contributed by atoms with Crippen molar-refractivity contribution in [2.24, 2.45) is 5.73 Å². The van der Waals surface area contributed by atoms with Gasteiger partial charge in [0.05, 0.1) is 11.7 Å². The highest BCUT2D eigenvalue weighted by molar-refractivity contribution is 5.78. The number of benzene rings is 1. The smallest absolute Gasteiger partial charge is 0.0682 e. The Hall–Kier alpha value is -1.35. The number of hydrogen-bond acceptors (Lipinski definition) is 2. The summed E-state index contributed by atoms with van der Waals surface area (Å²) in [7, 11) is 0. The molecule has 1 aromatic carbocycles. The molecule has 1 saturated carbocycles. The fourth-order valence-corrected chi connectivity index (χ4v) is 1.94. The first kappa shape index (κ1) is 8.92. The topological polar surface area (TPSA) is 43.8 Å². The number of aryl methyl sites for hydroxylation is 1. The van der Waals surface area contributed by atoms with Gasteiger partial charge in [-0.15, -0.1) is 0 Å². The molecular formula is C12H15N3. The molecule has 3 nitrogen and oxygen atoms in total. The third-order valence-corrected chi connectivity index (χ3v) is 3.26. The Labute approximate surface area is 88.9 Å². The fourth-order valence-electron chi connectivity index (χ4n) is 1.94. The number of fused-ring (bicyclic) bond motifs is 1. The highest BCUT2D eigenvalue weighted by atomic mass is 15.3. The van der Waals surface area contributed by atoms with Gasteiger partial charge in [-0.05, 0) is 25.3 Å². The van der Waals surface area contributed by atoms with Crippen LogP contribution in [0.3, 0.4) is 0 Å². The molecule has 0 unspecified atom stereocenters. The molecule has 0 aliphatic heterocycles. The highest BCUT2D eigenvalue weighted by Gasteiger charge is 2.37. The van der Waals surface area contributed by atoms with E-state index in [0.717, 1.165) is 13.0 Å². The second-order valence-corrected chi connectivity index (χ2v) is 4.54. The van der Waals surface area contributed by atoms with Crippen molar-refractivity contribution >= 4 is 10.9 Å². The largest absolute Gasteiger partial charge is 0.325 e. The van der Waals surface area contributed by atoms with Crippen molar-refractivity contribution in [3.63, 3.8) is 0 Å². The van der Waals surface area contributed by atoms with Crippen LogP contribution in [-0.2, 0) is 6.54 Å². The summed E-state index contributed by atoms with van der Waals surface area (Å²) >= 11 is 0. The zero-order chi connectivity index (χ0) is 10.3. The van der Waals surface area contributed by atoms with E-state index in [2.05, 4.69) is 28.0 Å². The summed E-state index contributed by atoms with van der Waals surface area (Å²) in [5, 5.41) is 5.60. The summed E-state index contributed by atoms with van der Waals surface area (Å²) in [6.07, 6.45) is 5.31. The normalized spacial score (nSPS) is 18.2. The van der Waals surface area contributed by atoms with Gasteiger partial charge in [0.15, 0.2) is 0 Å². The van der Waals surface area contributed by atoms with Crippen LogP contribution in [0.4, 0.5) is 0 Å². The highest BCUT2D eigenvalue weighted by Crippen LogP contribution is 2.36. The van der Waals surface area contributed by atoms with Gasteiger partial charge in [-0.25, -0.2) is 0 Å². The van der Waals surface area contributed by atoms with Crippen molar-refractivity contribution in [2.75, 3.05) is 0 Å². The molecule has 1 fully saturated rings. The number of para-hydroxylation sites is 1. The van der Waals surface area contributed by atoms with Crippen LogP contribution in [0.1, 0.15) is 19.3 Å². The molecule has 2 N–H and O–H groups in total. The summed E-state index contributed by atoms with van der Waals surface area (Å²) in [4.78, 5) is 0. The van der Waals surface area contributed by atoms with Crippen LogP contribution in [0.25, 0.3) is 10.9 Å². The molecule has 15 heavy (non-hydrogen) atoms. The van der Waals surface area contributed by atoms with Crippen molar-refractivity contribution < 1.29 is 0 Å². The number of nitrogens with two attached hydrogens (primary N) is 1. The molecule has 1 aliphatic rings. The van der Waals surface area contributed by atoms with Crippen molar-refractivity contribution in [3.8, 4) is 0 Å². The van der Waals surface area contributed by atoms with Crippen molar-refractivity contribution in [1.82, 2.24) is 9.78 Å². The average Bonchev–Trinajstić information content (AvgIpc) is 2.86. The summed E-state index contributed by atoms with van der Waals surface area (Å²) in [5.41, 5.74) is 7.39. The third-order valence-electron chi connectivity index (χ3n) is 3.26. The van der Waals surface area contributed by atoms with E-state index < -0.39 is 0 Å². The minimum absolute atomic E-state index is 0.118.